The Kier molecular flexibility index (Phi) is 3.57. The highest BCUT2D eigenvalue weighted by Gasteiger charge is 1.99. The smallest absolute Gasteiger partial charge is 0.183 e. The lowest BCUT2D eigenvalue weighted by Crippen LogP contribution is -2.24. The summed E-state index contributed by atoms with van der Waals surface area (Å²) in [6.07, 6.45) is 4.98. The standard InChI is InChI=1S/C13H12BrNO/c14-13-7-5-11(6-8-13)3-4-12-2-1-9-15(16)10-12/h1-2,5-10H,3-4H2. The normalized spacial score (nSPS) is 10.3. The topological polar surface area (TPSA) is 26.9 Å². The van der Waals surface area contributed by atoms with E-state index in [0.717, 1.165) is 27.6 Å². The van der Waals surface area contributed by atoms with E-state index >= 15 is 0 Å². The maximum Gasteiger partial charge on any atom is 0.183 e. The molecule has 1 aromatic heterocycles. The van der Waals surface area contributed by atoms with Gasteiger partial charge in [0.25, 0.3) is 0 Å². The summed E-state index contributed by atoms with van der Waals surface area (Å²) in [4.78, 5) is 0. The van der Waals surface area contributed by atoms with E-state index in [-0.39, 0.29) is 0 Å². The zero-order valence-electron chi connectivity index (χ0n) is 8.77. The Morgan fingerprint density at radius 3 is 2.38 bits per heavy atom. The summed E-state index contributed by atoms with van der Waals surface area (Å²) in [5.41, 5.74) is 2.35. The summed E-state index contributed by atoms with van der Waals surface area (Å²) < 4.78 is 1.94. The van der Waals surface area contributed by atoms with Gasteiger partial charge in [0.2, 0.25) is 0 Å². The molecule has 1 aromatic carbocycles. The van der Waals surface area contributed by atoms with E-state index in [2.05, 4.69) is 28.1 Å². The fourth-order valence-corrected chi connectivity index (χ4v) is 1.85. The third-order valence-corrected chi connectivity index (χ3v) is 2.98. The maximum absolute atomic E-state index is 11.1. The van der Waals surface area contributed by atoms with E-state index in [4.69, 9.17) is 0 Å². The highest BCUT2D eigenvalue weighted by molar-refractivity contribution is 9.10. The number of benzene rings is 1. The molecule has 0 bridgehead atoms. The highest BCUT2D eigenvalue weighted by Crippen LogP contribution is 2.12. The maximum atomic E-state index is 11.1. The lowest BCUT2D eigenvalue weighted by atomic mass is 10.1. The molecule has 0 unspecified atom stereocenters. The summed E-state index contributed by atoms with van der Waals surface area (Å²) >= 11 is 3.41. The van der Waals surface area contributed by atoms with Crippen molar-refractivity contribution in [2.24, 2.45) is 0 Å². The Balaban J connectivity index is 1.99. The van der Waals surface area contributed by atoms with Gasteiger partial charge in [0.1, 0.15) is 0 Å². The predicted octanol–water partition coefficient (Wildman–Crippen LogP) is 2.87. The molecule has 2 nitrogen and oxygen atoms in total. The van der Waals surface area contributed by atoms with Crippen molar-refractivity contribution in [3.63, 3.8) is 0 Å². The minimum atomic E-state index is 0.844. The van der Waals surface area contributed by atoms with E-state index in [1.165, 1.54) is 11.8 Å². The summed E-state index contributed by atoms with van der Waals surface area (Å²) in [7, 11) is 0. The molecular weight excluding hydrogens is 266 g/mol. The van der Waals surface area contributed by atoms with Crippen LogP contribution in [0.15, 0.2) is 53.3 Å². The molecule has 0 aliphatic heterocycles. The largest absolute Gasteiger partial charge is 0.619 e. The molecule has 0 amide bonds. The number of nitrogens with zero attached hydrogens (tertiary/aromatic N) is 1. The van der Waals surface area contributed by atoms with Gasteiger partial charge < -0.3 is 5.21 Å². The second kappa shape index (κ2) is 5.12. The Hall–Kier alpha value is -1.35. The average Bonchev–Trinajstić information content (AvgIpc) is 2.28. The van der Waals surface area contributed by atoms with Crippen molar-refractivity contribution in [1.82, 2.24) is 0 Å². The first-order chi connectivity index (χ1) is 7.74. The van der Waals surface area contributed by atoms with Gasteiger partial charge in [-0.3, -0.25) is 0 Å². The first-order valence-corrected chi connectivity index (χ1v) is 5.95. The van der Waals surface area contributed by atoms with Gasteiger partial charge in [0.05, 0.1) is 0 Å². The summed E-state index contributed by atoms with van der Waals surface area (Å²) in [5.74, 6) is 0. The van der Waals surface area contributed by atoms with Crippen LogP contribution in [0.5, 0.6) is 0 Å². The Morgan fingerprint density at radius 2 is 1.69 bits per heavy atom. The van der Waals surface area contributed by atoms with Crippen LogP contribution >= 0.6 is 15.9 Å². The molecule has 3 heteroatoms. The first-order valence-electron chi connectivity index (χ1n) is 5.16. The Labute approximate surface area is 103 Å². The second-order valence-corrected chi connectivity index (χ2v) is 4.61. The molecule has 2 aromatic rings. The van der Waals surface area contributed by atoms with E-state index in [9.17, 15) is 5.21 Å². The zero-order valence-corrected chi connectivity index (χ0v) is 10.4. The van der Waals surface area contributed by atoms with Crippen molar-refractivity contribution < 1.29 is 4.73 Å². The van der Waals surface area contributed by atoms with Crippen molar-refractivity contribution >= 4 is 15.9 Å². The van der Waals surface area contributed by atoms with Gasteiger partial charge in [-0.25, -0.2) is 0 Å². The molecule has 0 aliphatic rings. The Morgan fingerprint density at radius 1 is 1.00 bits per heavy atom. The van der Waals surface area contributed by atoms with Crippen LogP contribution in [-0.2, 0) is 12.8 Å². The van der Waals surface area contributed by atoms with Crippen LogP contribution in [-0.4, -0.2) is 0 Å². The van der Waals surface area contributed by atoms with Crippen LogP contribution in [0.4, 0.5) is 0 Å². The fourth-order valence-electron chi connectivity index (χ4n) is 1.59. The van der Waals surface area contributed by atoms with Crippen molar-refractivity contribution in [1.29, 1.82) is 0 Å². The molecule has 0 spiro atoms. The van der Waals surface area contributed by atoms with Crippen LogP contribution in [0.2, 0.25) is 0 Å². The SMILES string of the molecule is [O-][n+]1cccc(CCc2ccc(Br)cc2)c1. The van der Waals surface area contributed by atoms with Gasteiger partial charge in [-0.05, 0) is 36.6 Å². The van der Waals surface area contributed by atoms with Crippen LogP contribution in [0.25, 0.3) is 0 Å². The molecule has 2 rings (SSSR count). The van der Waals surface area contributed by atoms with E-state index in [0.29, 0.717) is 0 Å². The molecule has 0 N–H and O–H groups in total. The zero-order chi connectivity index (χ0) is 11.4. The Bertz CT molecular complexity index is 468. The molecule has 0 aliphatic carbocycles. The summed E-state index contributed by atoms with van der Waals surface area (Å²) in [5, 5.41) is 11.1. The molecule has 0 fully saturated rings. The molecule has 1 heterocycles. The van der Waals surface area contributed by atoms with E-state index in [1.807, 2.05) is 18.2 Å². The predicted molar refractivity (Wildman–Crippen MR) is 67.0 cm³/mol. The number of aromatic nitrogens is 1. The quantitative estimate of drug-likeness (QED) is 0.626. The van der Waals surface area contributed by atoms with Gasteiger partial charge in [0, 0.05) is 16.1 Å². The lowest BCUT2D eigenvalue weighted by Gasteiger charge is -2.02. The van der Waals surface area contributed by atoms with Crippen LogP contribution in [0, 0.1) is 5.21 Å². The van der Waals surface area contributed by atoms with Crippen molar-refractivity contribution in [2.75, 3.05) is 0 Å². The third kappa shape index (κ3) is 3.07. The van der Waals surface area contributed by atoms with Gasteiger partial charge in [-0.15, -0.1) is 0 Å². The molecule has 0 saturated heterocycles. The monoisotopic (exact) mass is 277 g/mol. The minimum absolute atomic E-state index is 0.844. The third-order valence-electron chi connectivity index (χ3n) is 2.45. The number of aryl methyl sites for hydroxylation is 2. The molecule has 16 heavy (non-hydrogen) atoms. The molecular formula is C13H12BrNO. The van der Waals surface area contributed by atoms with Crippen LogP contribution in [0.3, 0.4) is 0 Å². The van der Waals surface area contributed by atoms with Crippen molar-refractivity contribution in [3.8, 4) is 0 Å². The van der Waals surface area contributed by atoms with Crippen molar-refractivity contribution in [3.05, 3.63) is 69.6 Å². The van der Waals surface area contributed by atoms with E-state index < -0.39 is 0 Å². The molecule has 0 atom stereocenters. The fraction of sp³-hybridized carbons (Fsp3) is 0.154. The van der Waals surface area contributed by atoms with Gasteiger partial charge >= 0.3 is 0 Å². The van der Waals surface area contributed by atoms with Gasteiger partial charge in [-0.2, -0.15) is 4.73 Å². The number of rotatable bonds is 3. The van der Waals surface area contributed by atoms with Crippen molar-refractivity contribution in [2.45, 2.75) is 12.8 Å². The molecule has 82 valence electrons. The summed E-state index contributed by atoms with van der Waals surface area (Å²) in [6.45, 7) is 0. The lowest BCUT2D eigenvalue weighted by molar-refractivity contribution is -0.605. The van der Waals surface area contributed by atoms with E-state index in [1.54, 1.807) is 12.3 Å². The number of pyridine rings is 1. The van der Waals surface area contributed by atoms with Gasteiger partial charge in [-0.1, -0.05) is 28.1 Å². The number of hydrogen-bond donors (Lipinski definition) is 0. The minimum Gasteiger partial charge on any atom is -0.619 e. The number of halogens is 1. The highest BCUT2D eigenvalue weighted by atomic mass is 79.9. The molecule has 0 saturated carbocycles. The summed E-state index contributed by atoms with van der Waals surface area (Å²) in [6, 6.07) is 12.0. The van der Waals surface area contributed by atoms with Crippen LogP contribution < -0.4 is 4.73 Å². The molecule has 0 radical (unpaired) electrons. The van der Waals surface area contributed by atoms with Crippen LogP contribution in [0.1, 0.15) is 11.1 Å². The average molecular weight is 278 g/mol. The number of hydrogen-bond acceptors (Lipinski definition) is 1. The second-order valence-electron chi connectivity index (χ2n) is 3.70. The van der Waals surface area contributed by atoms with Gasteiger partial charge in [0.15, 0.2) is 12.4 Å². The first kappa shape index (κ1) is 11.1.